The number of hydrogen-bond acceptors (Lipinski definition) is 5. The Labute approximate surface area is 155 Å². The topological polar surface area (TPSA) is 76.2 Å². The predicted molar refractivity (Wildman–Crippen MR) is 100 cm³/mol. The molecule has 2 N–H and O–H groups in total. The zero-order valence-corrected chi connectivity index (χ0v) is 15.3. The van der Waals surface area contributed by atoms with Crippen LogP contribution in [0.15, 0.2) is 35.2 Å². The van der Waals surface area contributed by atoms with Crippen LogP contribution in [0.1, 0.15) is 28.2 Å². The van der Waals surface area contributed by atoms with Gasteiger partial charge in [-0.2, -0.15) is 0 Å². The summed E-state index contributed by atoms with van der Waals surface area (Å²) in [6, 6.07) is 7.85. The number of benzene rings is 1. The normalized spacial score (nSPS) is 20.3. The molecule has 6 nitrogen and oxygen atoms in total. The van der Waals surface area contributed by atoms with E-state index < -0.39 is 0 Å². The van der Waals surface area contributed by atoms with Gasteiger partial charge < -0.3 is 19.8 Å². The van der Waals surface area contributed by atoms with Gasteiger partial charge in [-0.25, -0.2) is 4.98 Å². The molecule has 2 aromatic heterocycles. The fraction of sp³-hybridized carbons (Fsp3) is 0.368. The van der Waals surface area contributed by atoms with Gasteiger partial charge >= 0.3 is 0 Å². The van der Waals surface area contributed by atoms with Crippen LogP contribution in [0.25, 0.3) is 10.9 Å². The molecule has 0 aliphatic carbocycles. The third kappa shape index (κ3) is 3.51. The van der Waals surface area contributed by atoms with Crippen LogP contribution in [0, 0.1) is 6.92 Å². The maximum absolute atomic E-state index is 12.8. The van der Waals surface area contributed by atoms with E-state index in [1.165, 1.54) is 0 Å². The number of hydrogen-bond donors (Lipinski definition) is 2. The molecule has 1 fully saturated rings. The van der Waals surface area contributed by atoms with Gasteiger partial charge in [0, 0.05) is 22.9 Å². The number of nitrogens with zero attached hydrogens (tertiary/aromatic N) is 1. The van der Waals surface area contributed by atoms with Gasteiger partial charge in [0.05, 0.1) is 30.5 Å². The molecule has 0 saturated carbocycles. The van der Waals surface area contributed by atoms with E-state index in [1.807, 2.05) is 36.6 Å². The van der Waals surface area contributed by atoms with Crippen LogP contribution in [0.3, 0.4) is 0 Å². The Bertz CT molecular complexity index is 891. The van der Waals surface area contributed by atoms with Crippen molar-refractivity contribution in [2.24, 2.45) is 0 Å². The number of carbonyl (C=O) groups excluding carboxylic acids is 1. The molecule has 3 aromatic rings. The van der Waals surface area contributed by atoms with Crippen molar-refractivity contribution in [3.8, 4) is 0 Å². The Morgan fingerprint density at radius 2 is 2.35 bits per heavy atom. The molecule has 1 saturated heterocycles. The summed E-state index contributed by atoms with van der Waals surface area (Å²) in [5.41, 5.74) is 5.23. The number of ether oxygens (including phenoxy) is 2. The Kier molecular flexibility index (Phi) is 5.01. The Balaban J connectivity index is 1.46. The average Bonchev–Trinajstić information content (AvgIpc) is 3.29. The van der Waals surface area contributed by atoms with Crippen molar-refractivity contribution in [2.75, 3.05) is 13.2 Å². The van der Waals surface area contributed by atoms with Gasteiger partial charge in [-0.15, -0.1) is 11.3 Å². The summed E-state index contributed by atoms with van der Waals surface area (Å²) >= 11 is 1.54. The first-order valence-electron chi connectivity index (χ1n) is 8.67. The van der Waals surface area contributed by atoms with Crippen molar-refractivity contribution >= 4 is 28.1 Å². The van der Waals surface area contributed by atoms with Gasteiger partial charge in [0.15, 0.2) is 0 Å². The van der Waals surface area contributed by atoms with Gasteiger partial charge in [0.2, 0.25) is 0 Å². The van der Waals surface area contributed by atoms with E-state index in [0.717, 1.165) is 28.6 Å². The lowest BCUT2D eigenvalue weighted by Crippen LogP contribution is -2.50. The number of carbonyl (C=O) groups is 1. The maximum Gasteiger partial charge on any atom is 0.268 e. The van der Waals surface area contributed by atoms with E-state index >= 15 is 0 Å². The first-order valence-corrected chi connectivity index (χ1v) is 9.61. The van der Waals surface area contributed by atoms with Crippen LogP contribution in [-0.2, 0) is 16.1 Å². The van der Waals surface area contributed by atoms with Crippen molar-refractivity contribution in [3.63, 3.8) is 0 Å². The second kappa shape index (κ2) is 7.57. The molecule has 2 atom stereocenters. The van der Waals surface area contributed by atoms with Crippen LogP contribution in [0.4, 0.5) is 0 Å². The summed E-state index contributed by atoms with van der Waals surface area (Å²) in [5, 5.41) is 6.16. The monoisotopic (exact) mass is 371 g/mol. The fourth-order valence-electron chi connectivity index (χ4n) is 3.29. The minimum atomic E-state index is -0.181. The SMILES string of the molecule is Cc1c(C(=O)N[C@@H]2CCOC[C@H]2OCc2cscn2)[nH]c2ccccc12. The van der Waals surface area contributed by atoms with Gasteiger partial charge in [-0.05, 0) is 25.0 Å². The van der Waals surface area contributed by atoms with Crippen LogP contribution >= 0.6 is 11.3 Å². The Hall–Kier alpha value is -2.22. The molecule has 0 unspecified atom stereocenters. The molecule has 7 heteroatoms. The highest BCUT2D eigenvalue weighted by atomic mass is 32.1. The highest BCUT2D eigenvalue weighted by Gasteiger charge is 2.29. The third-order valence-corrected chi connectivity index (χ3v) is 5.38. The van der Waals surface area contributed by atoms with Crippen LogP contribution in [0.2, 0.25) is 0 Å². The predicted octanol–water partition coefficient (Wildman–Crippen LogP) is 3.04. The average molecular weight is 371 g/mol. The number of aromatic nitrogens is 2. The number of nitrogens with one attached hydrogen (secondary N) is 2. The number of H-pyrrole nitrogens is 1. The summed E-state index contributed by atoms with van der Waals surface area (Å²) in [7, 11) is 0. The van der Waals surface area contributed by atoms with E-state index in [-0.39, 0.29) is 18.1 Å². The maximum atomic E-state index is 12.8. The molecule has 3 heterocycles. The standard InChI is InChI=1S/C19H21N3O3S/c1-12-14-4-2-3-5-15(14)21-18(12)19(23)22-16-6-7-24-9-17(16)25-8-13-10-26-11-20-13/h2-5,10-11,16-17,21H,6-9H2,1H3,(H,22,23)/t16-,17-/m1/s1. The summed E-state index contributed by atoms with van der Waals surface area (Å²) in [5.74, 6) is -0.104. The molecule has 1 aromatic carbocycles. The number of thiazole rings is 1. The Morgan fingerprint density at radius 1 is 1.46 bits per heavy atom. The molecular formula is C19H21N3O3S. The highest BCUT2D eigenvalue weighted by Crippen LogP contribution is 2.22. The summed E-state index contributed by atoms with van der Waals surface area (Å²) in [6.07, 6.45) is 0.548. The van der Waals surface area contributed by atoms with Crippen molar-refractivity contribution < 1.29 is 14.3 Å². The first kappa shape index (κ1) is 17.2. The number of fused-ring (bicyclic) bond motifs is 1. The Morgan fingerprint density at radius 3 is 3.15 bits per heavy atom. The van der Waals surface area contributed by atoms with Gasteiger partial charge in [0.1, 0.15) is 11.8 Å². The van der Waals surface area contributed by atoms with Crippen molar-refractivity contribution in [1.82, 2.24) is 15.3 Å². The quantitative estimate of drug-likeness (QED) is 0.723. The number of aromatic amines is 1. The number of rotatable bonds is 5. The largest absolute Gasteiger partial charge is 0.379 e. The summed E-state index contributed by atoms with van der Waals surface area (Å²) in [4.78, 5) is 20.3. The van der Waals surface area contributed by atoms with Gasteiger partial charge in [-0.1, -0.05) is 18.2 Å². The zero-order chi connectivity index (χ0) is 17.9. The van der Waals surface area contributed by atoms with E-state index in [2.05, 4.69) is 15.3 Å². The second-order valence-corrected chi connectivity index (χ2v) is 7.16. The summed E-state index contributed by atoms with van der Waals surface area (Å²) in [6.45, 7) is 3.48. The smallest absolute Gasteiger partial charge is 0.268 e. The van der Waals surface area contributed by atoms with Crippen molar-refractivity contribution in [2.45, 2.75) is 32.1 Å². The van der Waals surface area contributed by atoms with Crippen LogP contribution < -0.4 is 5.32 Å². The molecule has 26 heavy (non-hydrogen) atoms. The molecule has 136 valence electrons. The minimum absolute atomic E-state index is 0.0827. The first-order chi connectivity index (χ1) is 12.7. The molecule has 1 amide bonds. The van der Waals surface area contributed by atoms with Crippen molar-refractivity contribution in [3.05, 3.63) is 52.1 Å². The van der Waals surface area contributed by atoms with Crippen molar-refractivity contribution in [1.29, 1.82) is 0 Å². The van der Waals surface area contributed by atoms with E-state index in [9.17, 15) is 4.79 Å². The molecule has 0 radical (unpaired) electrons. The lowest BCUT2D eigenvalue weighted by molar-refractivity contribution is -0.0742. The van der Waals surface area contributed by atoms with E-state index in [0.29, 0.717) is 25.5 Å². The highest BCUT2D eigenvalue weighted by molar-refractivity contribution is 7.07. The molecule has 0 bridgehead atoms. The zero-order valence-electron chi connectivity index (χ0n) is 14.5. The van der Waals surface area contributed by atoms with Crippen LogP contribution in [0.5, 0.6) is 0 Å². The van der Waals surface area contributed by atoms with Crippen LogP contribution in [-0.4, -0.2) is 41.2 Å². The second-order valence-electron chi connectivity index (χ2n) is 6.44. The number of aryl methyl sites for hydroxylation is 1. The van der Waals surface area contributed by atoms with E-state index in [1.54, 1.807) is 16.8 Å². The van der Waals surface area contributed by atoms with Gasteiger partial charge in [-0.3, -0.25) is 4.79 Å². The lowest BCUT2D eigenvalue weighted by Gasteiger charge is -2.31. The molecular weight excluding hydrogens is 350 g/mol. The third-order valence-electron chi connectivity index (χ3n) is 4.74. The van der Waals surface area contributed by atoms with Gasteiger partial charge in [0.25, 0.3) is 5.91 Å². The number of para-hydroxylation sites is 1. The lowest BCUT2D eigenvalue weighted by atomic mass is 10.1. The van der Waals surface area contributed by atoms with E-state index in [4.69, 9.17) is 9.47 Å². The molecule has 1 aliphatic heterocycles. The fourth-order valence-corrected chi connectivity index (χ4v) is 3.84. The molecule has 4 rings (SSSR count). The molecule has 0 spiro atoms. The number of amides is 1. The minimum Gasteiger partial charge on any atom is -0.379 e. The molecule has 1 aliphatic rings. The summed E-state index contributed by atoms with van der Waals surface area (Å²) < 4.78 is 11.5.